The number of benzene rings is 2. The van der Waals surface area contributed by atoms with Crippen LogP contribution in [-0.2, 0) is 0 Å². The predicted octanol–water partition coefficient (Wildman–Crippen LogP) is 3.36. The van der Waals surface area contributed by atoms with Crippen LogP contribution in [0.15, 0.2) is 48.5 Å². The van der Waals surface area contributed by atoms with Gasteiger partial charge in [0.2, 0.25) is 0 Å². The van der Waals surface area contributed by atoms with Crippen molar-refractivity contribution in [3.05, 3.63) is 64.7 Å². The summed E-state index contributed by atoms with van der Waals surface area (Å²) in [5.74, 6) is 0. The molecule has 106 valence electrons. The molecule has 0 bridgehead atoms. The van der Waals surface area contributed by atoms with Crippen LogP contribution in [0.5, 0.6) is 0 Å². The minimum atomic E-state index is 0.281. The summed E-state index contributed by atoms with van der Waals surface area (Å²) in [6.07, 6.45) is 0. The van der Waals surface area contributed by atoms with Crippen molar-refractivity contribution < 1.29 is 0 Å². The van der Waals surface area contributed by atoms with Crippen LogP contribution in [0.4, 0.5) is 5.69 Å². The molecule has 21 heavy (non-hydrogen) atoms. The molecule has 1 fully saturated rings. The summed E-state index contributed by atoms with van der Waals surface area (Å²) in [5, 5.41) is 13.1. The summed E-state index contributed by atoms with van der Waals surface area (Å²) in [4.78, 5) is 2.38. The van der Waals surface area contributed by atoms with Gasteiger partial charge in [-0.2, -0.15) is 5.26 Å². The molecule has 0 saturated carbocycles. The van der Waals surface area contributed by atoms with Crippen molar-refractivity contribution >= 4 is 17.3 Å². The number of halogens is 1. The fourth-order valence-corrected chi connectivity index (χ4v) is 2.85. The number of nitriles is 1. The lowest BCUT2D eigenvalue weighted by atomic mass is 10.0. The topological polar surface area (TPSA) is 39.1 Å². The van der Waals surface area contributed by atoms with Crippen LogP contribution in [0, 0.1) is 11.3 Å². The second-order valence-electron chi connectivity index (χ2n) is 5.12. The molecule has 1 atom stereocenters. The molecule has 0 aliphatic carbocycles. The van der Waals surface area contributed by atoms with Crippen molar-refractivity contribution in [1.29, 1.82) is 5.26 Å². The van der Waals surface area contributed by atoms with E-state index in [1.165, 1.54) is 5.56 Å². The molecule has 3 nitrogen and oxygen atoms in total. The third-order valence-electron chi connectivity index (χ3n) is 3.83. The van der Waals surface area contributed by atoms with Crippen molar-refractivity contribution in [3.8, 4) is 6.07 Å². The van der Waals surface area contributed by atoms with Crippen LogP contribution in [-0.4, -0.2) is 19.6 Å². The third-order valence-corrected chi connectivity index (χ3v) is 4.08. The first-order valence-electron chi connectivity index (χ1n) is 7.01. The minimum absolute atomic E-state index is 0.281. The minimum Gasteiger partial charge on any atom is -0.362 e. The number of piperazine rings is 1. The van der Waals surface area contributed by atoms with Gasteiger partial charge in [0.25, 0.3) is 0 Å². The van der Waals surface area contributed by atoms with Crippen molar-refractivity contribution in [2.45, 2.75) is 6.04 Å². The van der Waals surface area contributed by atoms with Crippen LogP contribution in [0.1, 0.15) is 17.2 Å². The maximum atomic E-state index is 8.91. The van der Waals surface area contributed by atoms with E-state index in [9.17, 15) is 0 Å². The zero-order chi connectivity index (χ0) is 14.7. The molecule has 1 aliphatic rings. The van der Waals surface area contributed by atoms with E-state index in [-0.39, 0.29) is 6.04 Å². The van der Waals surface area contributed by atoms with Crippen molar-refractivity contribution in [1.82, 2.24) is 5.32 Å². The standard InChI is InChI=1S/C17H16ClN3/c18-15-5-3-14(4-6-15)17-12-20-9-10-21(17)16-7-1-13(11-19)2-8-16/h1-8,17,20H,9-10,12H2/t17-/m0/s1. The van der Waals surface area contributed by atoms with Gasteiger partial charge in [-0.15, -0.1) is 0 Å². The average molecular weight is 298 g/mol. The molecular formula is C17H16ClN3. The smallest absolute Gasteiger partial charge is 0.0991 e. The third kappa shape index (κ3) is 3.02. The highest BCUT2D eigenvalue weighted by molar-refractivity contribution is 6.30. The van der Waals surface area contributed by atoms with Crippen LogP contribution >= 0.6 is 11.6 Å². The molecule has 0 aromatic heterocycles. The summed E-state index contributed by atoms with van der Waals surface area (Å²) in [7, 11) is 0. The van der Waals surface area contributed by atoms with Gasteiger partial charge in [0.1, 0.15) is 0 Å². The molecule has 2 aromatic carbocycles. The number of hydrogen-bond acceptors (Lipinski definition) is 3. The summed E-state index contributed by atoms with van der Waals surface area (Å²) in [6, 6.07) is 18.3. The van der Waals surface area contributed by atoms with Crippen molar-refractivity contribution in [2.75, 3.05) is 24.5 Å². The summed E-state index contributed by atoms with van der Waals surface area (Å²) >= 11 is 5.98. The largest absolute Gasteiger partial charge is 0.362 e. The zero-order valence-corrected chi connectivity index (χ0v) is 12.3. The van der Waals surface area contributed by atoms with Gasteiger partial charge >= 0.3 is 0 Å². The molecule has 0 unspecified atom stereocenters. The van der Waals surface area contributed by atoms with E-state index in [0.717, 1.165) is 30.3 Å². The molecule has 1 N–H and O–H groups in total. The molecule has 1 aliphatic heterocycles. The van der Waals surface area contributed by atoms with Gasteiger partial charge in [0.15, 0.2) is 0 Å². The monoisotopic (exact) mass is 297 g/mol. The first-order chi connectivity index (χ1) is 10.3. The van der Waals surface area contributed by atoms with Crippen molar-refractivity contribution in [2.24, 2.45) is 0 Å². The Bertz CT molecular complexity index is 643. The van der Waals surface area contributed by atoms with E-state index in [1.54, 1.807) is 0 Å². The molecule has 0 radical (unpaired) electrons. The fourth-order valence-electron chi connectivity index (χ4n) is 2.72. The Morgan fingerprint density at radius 2 is 1.81 bits per heavy atom. The molecule has 0 spiro atoms. The molecule has 4 heteroatoms. The Labute approximate surface area is 129 Å². The van der Waals surface area contributed by atoms with E-state index >= 15 is 0 Å². The molecular weight excluding hydrogens is 282 g/mol. The van der Waals surface area contributed by atoms with Gasteiger partial charge in [-0.1, -0.05) is 23.7 Å². The number of nitrogens with zero attached hydrogens (tertiary/aromatic N) is 2. The van der Waals surface area contributed by atoms with Gasteiger partial charge in [-0.05, 0) is 42.0 Å². The van der Waals surface area contributed by atoms with Gasteiger partial charge in [-0.3, -0.25) is 0 Å². The van der Waals surface area contributed by atoms with Gasteiger partial charge in [-0.25, -0.2) is 0 Å². The Morgan fingerprint density at radius 1 is 1.10 bits per heavy atom. The lowest BCUT2D eigenvalue weighted by Gasteiger charge is -2.38. The van der Waals surface area contributed by atoms with E-state index in [0.29, 0.717) is 5.56 Å². The molecule has 0 amide bonds. The van der Waals surface area contributed by atoms with Crippen LogP contribution < -0.4 is 10.2 Å². The maximum absolute atomic E-state index is 8.91. The van der Waals surface area contributed by atoms with Crippen LogP contribution in [0.3, 0.4) is 0 Å². The highest BCUT2D eigenvalue weighted by atomic mass is 35.5. The SMILES string of the molecule is N#Cc1ccc(N2CCNC[C@H]2c2ccc(Cl)cc2)cc1. The number of hydrogen-bond donors (Lipinski definition) is 1. The Kier molecular flexibility index (Phi) is 4.10. The fraction of sp³-hybridized carbons (Fsp3) is 0.235. The lowest BCUT2D eigenvalue weighted by Crippen LogP contribution is -2.46. The van der Waals surface area contributed by atoms with Gasteiger partial charge in [0.05, 0.1) is 17.7 Å². The highest BCUT2D eigenvalue weighted by Crippen LogP contribution is 2.29. The lowest BCUT2D eigenvalue weighted by molar-refractivity contribution is 0.490. The first-order valence-corrected chi connectivity index (χ1v) is 7.39. The van der Waals surface area contributed by atoms with E-state index in [4.69, 9.17) is 16.9 Å². The van der Waals surface area contributed by atoms with E-state index in [2.05, 4.69) is 28.4 Å². The van der Waals surface area contributed by atoms with Gasteiger partial charge in [0, 0.05) is 30.3 Å². The maximum Gasteiger partial charge on any atom is 0.0991 e. The number of anilines is 1. The van der Waals surface area contributed by atoms with Crippen LogP contribution in [0.25, 0.3) is 0 Å². The molecule has 1 saturated heterocycles. The van der Waals surface area contributed by atoms with Crippen molar-refractivity contribution in [3.63, 3.8) is 0 Å². The Hall–Kier alpha value is -2.02. The molecule has 2 aromatic rings. The van der Waals surface area contributed by atoms with Crippen LogP contribution in [0.2, 0.25) is 5.02 Å². The number of rotatable bonds is 2. The summed E-state index contributed by atoms with van der Waals surface area (Å²) in [6.45, 7) is 2.81. The normalized spacial score (nSPS) is 18.3. The average Bonchev–Trinajstić information content (AvgIpc) is 2.56. The number of nitrogens with one attached hydrogen (secondary N) is 1. The second kappa shape index (κ2) is 6.17. The Morgan fingerprint density at radius 3 is 2.48 bits per heavy atom. The molecule has 1 heterocycles. The second-order valence-corrected chi connectivity index (χ2v) is 5.56. The zero-order valence-electron chi connectivity index (χ0n) is 11.6. The summed E-state index contributed by atoms with van der Waals surface area (Å²) in [5.41, 5.74) is 3.09. The predicted molar refractivity (Wildman–Crippen MR) is 85.6 cm³/mol. The Balaban J connectivity index is 1.90. The quantitative estimate of drug-likeness (QED) is 0.924. The van der Waals surface area contributed by atoms with E-state index < -0.39 is 0 Å². The summed E-state index contributed by atoms with van der Waals surface area (Å²) < 4.78 is 0. The van der Waals surface area contributed by atoms with Gasteiger partial charge < -0.3 is 10.2 Å². The van der Waals surface area contributed by atoms with E-state index in [1.807, 2.05) is 36.4 Å². The first kappa shape index (κ1) is 13.9. The highest BCUT2D eigenvalue weighted by Gasteiger charge is 2.23. The molecule has 3 rings (SSSR count).